The highest BCUT2D eigenvalue weighted by molar-refractivity contribution is 5.76. The van der Waals surface area contributed by atoms with E-state index in [2.05, 4.69) is 6.07 Å². The number of carbonyl (C=O) groups is 2. The van der Waals surface area contributed by atoms with E-state index >= 15 is 0 Å². The third-order valence-electron chi connectivity index (χ3n) is 3.37. The highest BCUT2D eigenvalue weighted by Crippen LogP contribution is 2.24. The first-order valence-electron chi connectivity index (χ1n) is 5.99. The summed E-state index contributed by atoms with van der Waals surface area (Å²) in [5.74, 6) is -1.40. The van der Waals surface area contributed by atoms with E-state index in [0.29, 0.717) is 19.6 Å². The lowest BCUT2D eigenvalue weighted by Gasteiger charge is -2.42. The summed E-state index contributed by atoms with van der Waals surface area (Å²) >= 11 is 0. The number of hydrogen-bond acceptors (Lipinski definition) is 3. The lowest BCUT2D eigenvalue weighted by molar-refractivity contribution is -0.144. The Morgan fingerprint density at radius 1 is 1.50 bits per heavy atom. The summed E-state index contributed by atoms with van der Waals surface area (Å²) < 4.78 is 0. The second-order valence-electron chi connectivity index (χ2n) is 4.99. The minimum absolute atomic E-state index is 0.0354. The fraction of sp³-hybridized carbons (Fsp3) is 0.750. The summed E-state index contributed by atoms with van der Waals surface area (Å²) in [6, 6.07) is 1.94. The largest absolute Gasteiger partial charge is 0.481 e. The highest BCUT2D eigenvalue weighted by atomic mass is 16.4. The van der Waals surface area contributed by atoms with E-state index in [1.54, 1.807) is 25.8 Å². The molecule has 1 aliphatic rings. The molecule has 1 fully saturated rings. The molecule has 0 radical (unpaired) electrons. The Labute approximate surface area is 107 Å². The quantitative estimate of drug-likeness (QED) is 0.805. The van der Waals surface area contributed by atoms with Crippen LogP contribution in [0.3, 0.4) is 0 Å². The van der Waals surface area contributed by atoms with Crippen molar-refractivity contribution in [3.8, 4) is 6.07 Å². The monoisotopic (exact) mass is 253 g/mol. The summed E-state index contributed by atoms with van der Waals surface area (Å²) in [6.45, 7) is 4.78. The fourth-order valence-electron chi connectivity index (χ4n) is 1.96. The minimum atomic E-state index is -0.821. The van der Waals surface area contributed by atoms with Crippen LogP contribution in [0.1, 0.15) is 13.8 Å². The van der Waals surface area contributed by atoms with Gasteiger partial charge in [0.2, 0.25) is 0 Å². The number of aliphatic carboxylic acids is 1. The van der Waals surface area contributed by atoms with E-state index in [1.807, 2.05) is 0 Å². The van der Waals surface area contributed by atoms with Gasteiger partial charge in [-0.15, -0.1) is 0 Å². The van der Waals surface area contributed by atoms with Gasteiger partial charge in [-0.25, -0.2) is 4.79 Å². The van der Waals surface area contributed by atoms with Crippen LogP contribution in [0.5, 0.6) is 0 Å². The number of rotatable bonds is 4. The van der Waals surface area contributed by atoms with Crippen LogP contribution >= 0.6 is 0 Å². The van der Waals surface area contributed by atoms with Gasteiger partial charge in [0.1, 0.15) is 0 Å². The van der Waals surface area contributed by atoms with E-state index in [0.717, 1.165) is 0 Å². The molecular weight excluding hydrogens is 234 g/mol. The number of nitriles is 1. The van der Waals surface area contributed by atoms with Crippen molar-refractivity contribution in [1.29, 1.82) is 5.26 Å². The average Bonchev–Trinajstić information content (AvgIpc) is 2.26. The molecule has 100 valence electrons. The highest BCUT2D eigenvalue weighted by Gasteiger charge is 2.38. The molecule has 0 aromatic carbocycles. The van der Waals surface area contributed by atoms with E-state index < -0.39 is 11.9 Å². The van der Waals surface area contributed by atoms with Gasteiger partial charge in [-0.1, -0.05) is 6.92 Å². The van der Waals surface area contributed by atoms with E-state index in [9.17, 15) is 9.59 Å². The first-order chi connectivity index (χ1) is 8.36. The Kier molecular flexibility index (Phi) is 4.54. The Morgan fingerprint density at radius 2 is 2.06 bits per heavy atom. The Bertz CT molecular complexity index is 371. The number of amides is 2. The average molecular weight is 253 g/mol. The molecule has 1 heterocycles. The van der Waals surface area contributed by atoms with Gasteiger partial charge >= 0.3 is 12.0 Å². The minimum Gasteiger partial charge on any atom is -0.481 e. The smallest absolute Gasteiger partial charge is 0.319 e. The SMILES string of the molecule is CC(C#N)CN(C)C(=O)N1CC(C(C)C(=O)O)C1. The van der Waals surface area contributed by atoms with Gasteiger partial charge in [0.05, 0.1) is 17.9 Å². The van der Waals surface area contributed by atoms with Crippen LogP contribution in [0, 0.1) is 29.1 Å². The Hall–Kier alpha value is -1.77. The first kappa shape index (κ1) is 14.3. The molecule has 2 amide bonds. The van der Waals surface area contributed by atoms with Crippen molar-refractivity contribution in [3.05, 3.63) is 0 Å². The Morgan fingerprint density at radius 3 is 2.50 bits per heavy atom. The normalized spacial score (nSPS) is 18.4. The molecule has 1 aliphatic heterocycles. The van der Waals surface area contributed by atoms with E-state index in [-0.39, 0.29) is 17.9 Å². The molecule has 0 aromatic rings. The van der Waals surface area contributed by atoms with Crippen molar-refractivity contribution in [2.24, 2.45) is 17.8 Å². The number of carbonyl (C=O) groups excluding carboxylic acids is 1. The molecule has 0 saturated carbocycles. The summed E-state index contributed by atoms with van der Waals surface area (Å²) in [6.07, 6.45) is 0. The molecule has 6 nitrogen and oxygen atoms in total. The zero-order chi connectivity index (χ0) is 13.9. The van der Waals surface area contributed by atoms with Gasteiger partial charge in [-0.3, -0.25) is 4.79 Å². The molecule has 2 atom stereocenters. The third-order valence-corrected chi connectivity index (χ3v) is 3.37. The number of nitrogens with zero attached hydrogens (tertiary/aromatic N) is 3. The second kappa shape index (κ2) is 5.71. The standard InChI is InChI=1S/C12H19N3O3/c1-8(4-13)5-14(3)12(18)15-6-10(7-15)9(2)11(16)17/h8-10H,5-7H2,1-3H3,(H,16,17). The predicted octanol–water partition coefficient (Wildman–Crippen LogP) is 0.850. The molecule has 0 aliphatic carbocycles. The Balaban J connectivity index is 2.39. The molecular formula is C12H19N3O3. The van der Waals surface area contributed by atoms with Crippen molar-refractivity contribution < 1.29 is 14.7 Å². The molecule has 0 spiro atoms. The van der Waals surface area contributed by atoms with Crippen LogP contribution in [0.2, 0.25) is 0 Å². The van der Waals surface area contributed by atoms with Crippen molar-refractivity contribution >= 4 is 12.0 Å². The van der Waals surface area contributed by atoms with Crippen LogP contribution in [0.15, 0.2) is 0 Å². The van der Waals surface area contributed by atoms with Gasteiger partial charge in [0, 0.05) is 32.6 Å². The van der Waals surface area contributed by atoms with Gasteiger partial charge in [-0.2, -0.15) is 5.26 Å². The first-order valence-corrected chi connectivity index (χ1v) is 5.99. The molecule has 0 aromatic heterocycles. The summed E-state index contributed by atoms with van der Waals surface area (Å²) in [5.41, 5.74) is 0. The number of likely N-dealkylation sites (tertiary alicyclic amines) is 1. The van der Waals surface area contributed by atoms with Crippen molar-refractivity contribution in [2.45, 2.75) is 13.8 Å². The number of urea groups is 1. The van der Waals surface area contributed by atoms with Gasteiger partial charge in [-0.05, 0) is 6.92 Å². The van der Waals surface area contributed by atoms with Crippen LogP contribution in [0.4, 0.5) is 4.79 Å². The van der Waals surface area contributed by atoms with E-state index in [1.165, 1.54) is 4.90 Å². The maximum absolute atomic E-state index is 11.9. The molecule has 1 saturated heterocycles. The molecule has 1 rings (SSSR count). The molecule has 1 N–H and O–H groups in total. The third kappa shape index (κ3) is 3.13. The molecule has 0 bridgehead atoms. The maximum Gasteiger partial charge on any atom is 0.319 e. The van der Waals surface area contributed by atoms with Crippen molar-refractivity contribution in [3.63, 3.8) is 0 Å². The second-order valence-corrected chi connectivity index (χ2v) is 4.99. The lowest BCUT2D eigenvalue weighted by Crippen LogP contribution is -2.57. The van der Waals surface area contributed by atoms with Crippen LogP contribution < -0.4 is 0 Å². The topological polar surface area (TPSA) is 84.6 Å². The van der Waals surface area contributed by atoms with Crippen molar-refractivity contribution in [2.75, 3.05) is 26.7 Å². The van der Waals surface area contributed by atoms with Gasteiger partial charge in [0.15, 0.2) is 0 Å². The lowest BCUT2D eigenvalue weighted by atomic mass is 9.87. The fourth-order valence-corrected chi connectivity index (χ4v) is 1.96. The van der Waals surface area contributed by atoms with Gasteiger partial charge < -0.3 is 14.9 Å². The summed E-state index contributed by atoms with van der Waals surface area (Å²) in [4.78, 5) is 25.8. The molecule has 6 heteroatoms. The zero-order valence-corrected chi connectivity index (χ0v) is 11.0. The maximum atomic E-state index is 11.9. The number of carboxylic acid groups (broad SMARTS) is 1. The number of hydrogen-bond donors (Lipinski definition) is 1. The molecule has 2 unspecified atom stereocenters. The van der Waals surface area contributed by atoms with Crippen molar-refractivity contribution in [1.82, 2.24) is 9.80 Å². The summed E-state index contributed by atoms with van der Waals surface area (Å²) in [7, 11) is 1.66. The molecule has 18 heavy (non-hydrogen) atoms. The van der Waals surface area contributed by atoms with Crippen LogP contribution in [0.25, 0.3) is 0 Å². The zero-order valence-electron chi connectivity index (χ0n) is 11.0. The summed E-state index contributed by atoms with van der Waals surface area (Å²) in [5, 5.41) is 17.5. The number of carboxylic acids is 1. The van der Waals surface area contributed by atoms with E-state index in [4.69, 9.17) is 10.4 Å². The van der Waals surface area contributed by atoms with Crippen LogP contribution in [-0.2, 0) is 4.79 Å². The van der Waals surface area contributed by atoms with Gasteiger partial charge in [0.25, 0.3) is 0 Å². The predicted molar refractivity (Wildman–Crippen MR) is 64.7 cm³/mol. The van der Waals surface area contributed by atoms with Crippen LogP contribution in [-0.4, -0.2) is 53.6 Å².